The number of hydrogen-bond acceptors (Lipinski definition) is 3. The Morgan fingerprint density at radius 2 is 2.00 bits per heavy atom. The molecule has 0 bridgehead atoms. The van der Waals surface area contributed by atoms with Crippen molar-refractivity contribution in [1.82, 2.24) is 15.1 Å². The molecule has 0 unspecified atom stereocenters. The van der Waals surface area contributed by atoms with E-state index in [9.17, 15) is 14.0 Å². The number of benzene rings is 1. The summed E-state index contributed by atoms with van der Waals surface area (Å²) < 4.78 is 14.5. The predicted molar refractivity (Wildman–Crippen MR) is 87.8 cm³/mol. The predicted octanol–water partition coefficient (Wildman–Crippen LogP) is 1.33. The molecule has 4 N–H and O–H groups in total. The number of halogens is 1. The van der Waals surface area contributed by atoms with Crippen LogP contribution in [-0.4, -0.2) is 28.3 Å². The number of anilines is 1. The highest BCUT2D eigenvalue weighted by Crippen LogP contribution is 2.10. The van der Waals surface area contributed by atoms with E-state index in [1.165, 1.54) is 12.1 Å². The highest BCUT2D eigenvalue weighted by atomic mass is 19.1. The summed E-state index contributed by atoms with van der Waals surface area (Å²) in [7, 11) is 1.71. The van der Waals surface area contributed by atoms with Crippen molar-refractivity contribution in [2.24, 2.45) is 18.7 Å². The minimum Gasteiger partial charge on any atom is -0.369 e. The fourth-order valence-corrected chi connectivity index (χ4v) is 2.28. The number of carbonyl (C=O) groups is 2. The Morgan fingerprint density at radius 3 is 2.54 bits per heavy atom. The van der Waals surface area contributed by atoms with E-state index >= 15 is 0 Å². The molecule has 1 aromatic carbocycles. The summed E-state index contributed by atoms with van der Waals surface area (Å²) in [6.45, 7) is 1.89. The molecular weight excluding hydrogens is 313 g/mol. The van der Waals surface area contributed by atoms with E-state index < -0.39 is 17.9 Å². The normalized spacial score (nSPS) is 11.8. The largest absolute Gasteiger partial charge is 0.369 e. The van der Waals surface area contributed by atoms with Gasteiger partial charge in [-0.15, -0.1) is 0 Å². The van der Waals surface area contributed by atoms with E-state index in [1.807, 2.05) is 6.92 Å². The molecule has 0 saturated carbocycles. The minimum absolute atomic E-state index is 0.0787. The molecule has 0 fully saturated rings. The van der Waals surface area contributed by atoms with Crippen LogP contribution in [0.2, 0.25) is 0 Å². The third-order valence-corrected chi connectivity index (χ3v) is 3.55. The molecule has 24 heavy (non-hydrogen) atoms. The van der Waals surface area contributed by atoms with Crippen molar-refractivity contribution in [3.05, 3.63) is 47.4 Å². The molecule has 0 radical (unpaired) electrons. The number of primary amides is 1. The average molecular weight is 333 g/mol. The van der Waals surface area contributed by atoms with Crippen molar-refractivity contribution in [2.75, 3.05) is 11.9 Å². The summed E-state index contributed by atoms with van der Waals surface area (Å²) >= 11 is 0. The molecule has 0 aliphatic carbocycles. The van der Waals surface area contributed by atoms with E-state index in [4.69, 9.17) is 5.73 Å². The first-order chi connectivity index (χ1) is 11.3. The van der Waals surface area contributed by atoms with E-state index in [-0.39, 0.29) is 12.4 Å². The van der Waals surface area contributed by atoms with E-state index in [1.54, 1.807) is 29.9 Å². The van der Waals surface area contributed by atoms with Crippen LogP contribution in [0.5, 0.6) is 0 Å². The first-order valence-corrected chi connectivity index (χ1v) is 7.44. The third-order valence-electron chi connectivity index (χ3n) is 3.55. The zero-order valence-electron chi connectivity index (χ0n) is 13.5. The van der Waals surface area contributed by atoms with Crippen LogP contribution < -0.4 is 16.4 Å². The van der Waals surface area contributed by atoms with Gasteiger partial charge in [0.15, 0.2) is 0 Å². The van der Waals surface area contributed by atoms with Crippen LogP contribution >= 0.6 is 0 Å². The number of aromatic nitrogens is 2. The van der Waals surface area contributed by atoms with Gasteiger partial charge < -0.3 is 11.1 Å². The molecular formula is C16H20FN5O2. The van der Waals surface area contributed by atoms with Crippen LogP contribution in [0, 0.1) is 18.7 Å². The number of amides is 3. The van der Waals surface area contributed by atoms with Gasteiger partial charge in [-0.05, 0) is 31.0 Å². The maximum absolute atomic E-state index is 12.9. The summed E-state index contributed by atoms with van der Waals surface area (Å²) in [5.74, 6) is -0.928. The number of nitrogens with zero attached hydrogens (tertiary/aromatic N) is 2. The van der Waals surface area contributed by atoms with E-state index in [0.717, 1.165) is 11.3 Å². The summed E-state index contributed by atoms with van der Waals surface area (Å²) in [5, 5.41) is 9.38. The zero-order valence-corrected chi connectivity index (χ0v) is 13.5. The molecule has 0 aliphatic heterocycles. The van der Waals surface area contributed by atoms with Crippen LogP contribution in [0.4, 0.5) is 15.0 Å². The second-order valence-electron chi connectivity index (χ2n) is 5.56. The first-order valence-electron chi connectivity index (χ1n) is 7.44. The Labute approximate surface area is 139 Å². The number of carbonyl (C=O) groups excluding carboxylic acids is 2. The van der Waals surface area contributed by atoms with Crippen LogP contribution in [0.1, 0.15) is 11.3 Å². The van der Waals surface area contributed by atoms with Crippen molar-refractivity contribution in [2.45, 2.75) is 13.3 Å². The van der Waals surface area contributed by atoms with E-state index in [0.29, 0.717) is 12.2 Å². The SMILES string of the molecule is Cc1cc(NC(=O)NC[C@@H](Cc2ccc(F)cc2)C(N)=O)n(C)n1. The molecule has 1 atom stereocenters. The first kappa shape index (κ1) is 17.5. The number of nitrogens with two attached hydrogens (primary N) is 1. The fraction of sp³-hybridized carbons (Fsp3) is 0.312. The summed E-state index contributed by atoms with van der Waals surface area (Å²) in [6, 6.07) is 7.08. The second-order valence-corrected chi connectivity index (χ2v) is 5.56. The monoisotopic (exact) mass is 333 g/mol. The zero-order chi connectivity index (χ0) is 17.7. The molecule has 1 aromatic heterocycles. The van der Waals surface area contributed by atoms with Gasteiger partial charge in [-0.25, -0.2) is 9.18 Å². The maximum Gasteiger partial charge on any atom is 0.320 e. The Kier molecular flexibility index (Phi) is 5.51. The molecule has 0 saturated heterocycles. The summed E-state index contributed by atoms with van der Waals surface area (Å²) in [4.78, 5) is 23.5. The summed E-state index contributed by atoms with van der Waals surface area (Å²) in [5.41, 5.74) is 6.93. The second kappa shape index (κ2) is 7.58. The third kappa shape index (κ3) is 4.80. The van der Waals surface area contributed by atoms with Gasteiger partial charge in [0, 0.05) is 19.7 Å². The molecule has 2 rings (SSSR count). The van der Waals surface area contributed by atoms with Crippen molar-refractivity contribution in [1.29, 1.82) is 0 Å². The lowest BCUT2D eigenvalue weighted by molar-refractivity contribution is -0.121. The van der Waals surface area contributed by atoms with Gasteiger partial charge in [0.05, 0.1) is 11.6 Å². The van der Waals surface area contributed by atoms with Crippen molar-refractivity contribution >= 4 is 17.8 Å². The molecule has 2 aromatic rings. The van der Waals surface area contributed by atoms with Gasteiger partial charge >= 0.3 is 6.03 Å². The molecule has 0 aliphatic rings. The Bertz CT molecular complexity index is 727. The number of nitrogens with one attached hydrogen (secondary N) is 2. The van der Waals surface area contributed by atoms with Gasteiger partial charge in [-0.2, -0.15) is 5.10 Å². The summed E-state index contributed by atoms with van der Waals surface area (Å²) in [6.07, 6.45) is 0.320. The highest BCUT2D eigenvalue weighted by molar-refractivity contribution is 5.89. The standard InChI is InChI=1S/C16H20FN5O2/c1-10-7-14(22(2)21-10)20-16(24)19-9-12(15(18)23)8-11-3-5-13(17)6-4-11/h3-7,12H,8-9H2,1-2H3,(H2,18,23)(H2,19,20,24)/t12-/m1/s1. The molecule has 8 heteroatoms. The quantitative estimate of drug-likeness (QED) is 0.743. The van der Waals surface area contributed by atoms with Crippen molar-refractivity contribution < 1.29 is 14.0 Å². The molecule has 7 nitrogen and oxygen atoms in total. The van der Waals surface area contributed by atoms with Gasteiger partial charge in [0.1, 0.15) is 11.6 Å². The number of aryl methyl sites for hydroxylation is 2. The smallest absolute Gasteiger partial charge is 0.320 e. The Balaban J connectivity index is 1.91. The molecule has 1 heterocycles. The molecule has 0 spiro atoms. The minimum atomic E-state index is -0.588. The highest BCUT2D eigenvalue weighted by Gasteiger charge is 2.17. The Morgan fingerprint density at radius 1 is 1.33 bits per heavy atom. The van der Waals surface area contributed by atoms with Gasteiger partial charge in [0.2, 0.25) is 5.91 Å². The average Bonchev–Trinajstić information content (AvgIpc) is 2.82. The van der Waals surface area contributed by atoms with Crippen LogP contribution in [0.25, 0.3) is 0 Å². The van der Waals surface area contributed by atoms with Crippen molar-refractivity contribution in [3.8, 4) is 0 Å². The fourth-order valence-electron chi connectivity index (χ4n) is 2.28. The number of urea groups is 1. The molecule has 3 amide bonds. The lowest BCUT2D eigenvalue weighted by atomic mass is 9.98. The lowest BCUT2D eigenvalue weighted by Crippen LogP contribution is -2.39. The number of rotatable bonds is 6. The maximum atomic E-state index is 12.9. The van der Waals surface area contributed by atoms with Gasteiger partial charge in [-0.3, -0.25) is 14.8 Å². The topological polar surface area (TPSA) is 102 Å². The Hall–Kier alpha value is -2.90. The van der Waals surface area contributed by atoms with Crippen LogP contribution in [0.3, 0.4) is 0 Å². The lowest BCUT2D eigenvalue weighted by Gasteiger charge is -2.15. The molecule has 128 valence electrons. The van der Waals surface area contributed by atoms with Crippen LogP contribution in [0.15, 0.2) is 30.3 Å². The van der Waals surface area contributed by atoms with Gasteiger partial charge in [-0.1, -0.05) is 12.1 Å². The van der Waals surface area contributed by atoms with Crippen LogP contribution in [-0.2, 0) is 18.3 Å². The van der Waals surface area contributed by atoms with Gasteiger partial charge in [0.25, 0.3) is 0 Å². The van der Waals surface area contributed by atoms with E-state index in [2.05, 4.69) is 15.7 Å². The number of hydrogen-bond donors (Lipinski definition) is 3. The van der Waals surface area contributed by atoms with Crippen molar-refractivity contribution in [3.63, 3.8) is 0 Å².